The van der Waals surface area contributed by atoms with Crippen molar-refractivity contribution in [2.45, 2.75) is 44.7 Å². The number of hydrogen-bond donors (Lipinski definition) is 1. The van der Waals surface area contributed by atoms with E-state index in [1.807, 2.05) is 0 Å². The highest BCUT2D eigenvalue weighted by atomic mass is 15.0. The fraction of sp³-hybridized carbons (Fsp3) is 0.778. The predicted octanol–water partition coefficient (Wildman–Crippen LogP) is 1.85. The van der Waals surface area contributed by atoms with Crippen LogP contribution in [0.2, 0.25) is 0 Å². The summed E-state index contributed by atoms with van der Waals surface area (Å²) in [6.07, 6.45) is 7.73. The summed E-state index contributed by atoms with van der Waals surface area (Å²) in [5, 5.41) is 3.61. The van der Waals surface area contributed by atoms with Gasteiger partial charge in [-0.3, -0.25) is 0 Å². The lowest BCUT2D eigenvalue weighted by Crippen LogP contribution is -2.34. The molecular weight excluding hydrogens is 122 g/mol. The zero-order valence-electron chi connectivity index (χ0n) is 6.56. The fourth-order valence-electron chi connectivity index (χ4n) is 2.18. The Labute approximate surface area is 62.5 Å². The maximum atomic E-state index is 3.61. The quantitative estimate of drug-likeness (QED) is 0.502. The minimum Gasteiger partial charge on any atom is -0.311 e. The highest BCUT2D eigenvalue weighted by Gasteiger charge is 2.29. The maximum absolute atomic E-state index is 3.61. The minimum absolute atomic E-state index is 0.824. The summed E-state index contributed by atoms with van der Waals surface area (Å²) in [5.74, 6) is 0. The van der Waals surface area contributed by atoms with Gasteiger partial charge in [0.05, 0.1) is 0 Å². The lowest BCUT2D eigenvalue weighted by Gasteiger charge is -2.23. The van der Waals surface area contributed by atoms with Crippen molar-refractivity contribution in [3.8, 4) is 0 Å². The van der Waals surface area contributed by atoms with Crippen LogP contribution in [0.15, 0.2) is 11.6 Å². The normalized spacial score (nSPS) is 42.7. The van der Waals surface area contributed by atoms with Crippen LogP contribution >= 0.6 is 0 Å². The Morgan fingerprint density at radius 1 is 1.30 bits per heavy atom. The van der Waals surface area contributed by atoms with Crippen LogP contribution in [0, 0.1) is 0 Å². The summed E-state index contributed by atoms with van der Waals surface area (Å²) in [6.45, 7) is 2.17. The zero-order chi connectivity index (χ0) is 6.97. The predicted molar refractivity (Wildman–Crippen MR) is 42.9 cm³/mol. The third kappa shape index (κ3) is 0.988. The monoisotopic (exact) mass is 137 g/mol. The third-order valence-corrected chi connectivity index (χ3v) is 2.76. The molecule has 0 unspecified atom stereocenters. The van der Waals surface area contributed by atoms with Gasteiger partial charge in [-0.05, 0) is 32.6 Å². The molecule has 0 aromatic rings. The molecule has 10 heavy (non-hydrogen) atoms. The van der Waals surface area contributed by atoms with Gasteiger partial charge >= 0.3 is 0 Å². The first-order valence-electron chi connectivity index (χ1n) is 4.28. The van der Waals surface area contributed by atoms with Gasteiger partial charge in [0.1, 0.15) is 0 Å². The number of rotatable bonds is 0. The summed E-state index contributed by atoms with van der Waals surface area (Å²) >= 11 is 0. The van der Waals surface area contributed by atoms with Crippen LogP contribution in [-0.2, 0) is 0 Å². The molecule has 2 heterocycles. The second kappa shape index (κ2) is 2.39. The highest BCUT2D eigenvalue weighted by Crippen LogP contribution is 2.29. The summed E-state index contributed by atoms with van der Waals surface area (Å²) in [6, 6.07) is 1.65. The van der Waals surface area contributed by atoms with E-state index in [0.717, 1.165) is 12.1 Å². The van der Waals surface area contributed by atoms with Crippen molar-refractivity contribution in [1.29, 1.82) is 0 Å². The Morgan fingerprint density at radius 2 is 1.90 bits per heavy atom. The Hall–Kier alpha value is -0.300. The molecule has 1 nitrogen and oxygen atoms in total. The van der Waals surface area contributed by atoms with Crippen LogP contribution in [0.5, 0.6) is 0 Å². The van der Waals surface area contributed by atoms with Gasteiger partial charge in [0.2, 0.25) is 0 Å². The Bertz CT molecular complexity index is 146. The average Bonchev–Trinajstić information content (AvgIpc) is 2.30. The zero-order valence-corrected chi connectivity index (χ0v) is 6.56. The topological polar surface area (TPSA) is 12.0 Å². The molecule has 0 aromatic carbocycles. The van der Waals surface area contributed by atoms with Crippen LogP contribution in [0.25, 0.3) is 0 Å². The molecule has 2 rings (SSSR count). The van der Waals surface area contributed by atoms with E-state index in [9.17, 15) is 0 Å². The molecule has 2 aliphatic heterocycles. The lowest BCUT2D eigenvalue weighted by atomic mass is 9.99. The van der Waals surface area contributed by atoms with Crippen molar-refractivity contribution >= 4 is 0 Å². The van der Waals surface area contributed by atoms with Crippen molar-refractivity contribution in [3.05, 3.63) is 11.6 Å². The summed E-state index contributed by atoms with van der Waals surface area (Å²) in [5.41, 5.74) is 1.67. The molecule has 56 valence electrons. The summed E-state index contributed by atoms with van der Waals surface area (Å²) < 4.78 is 0. The Morgan fingerprint density at radius 3 is 2.40 bits per heavy atom. The van der Waals surface area contributed by atoms with Crippen LogP contribution in [-0.4, -0.2) is 12.1 Å². The highest BCUT2D eigenvalue weighted by molar-refractivity contribution is 5.12. The molecule has 1 heteroatoms. The van der Waals surface area contributed by atoms with Crippen molar-refractivity contribution in [2.24, 2.45) is 0 Å². The number of hydrogen-bond acceptors (Lipinski definition) is 1. The van der Waals surface area contributed by atoms with Crippen molar-refractivity contribution in [3.63, 3.8) is 0 Å². The average molecular weight is 137 g/mol. The first-order chi connectivity index (χ1) is 4.88. The number of fused-ring (bicyclic) bond motifs is 2. The van der Waals surface area contributed by atoms with E-state index in [4.69, 9.17) is 0 Å². The van der Waals surface area contributed by atoms with Gasteiger partial charge < -0.3 is 5.32 Å². The van der Waals surface area contributed by atoms with Crippen molar-refractivity contribution in [2.75, 3.05) is 0 Å². The second-order valence-corrected chi connectivity index (χ2v) is 3.49. The summed E-state index contributed by atoms with van der Waals surface area (Å²) in [7, 11) is 0. The van der Waals surface area contributed by atoms with E-state index >= 15 is 0 Å². The van der Waals surface area contributed by atoms with Gasteiger partial charge in [-0.15, -0.1) is 0 Å². The van der Waals surface area contributed by atoms with Crippen molar-refractivity contribution < 1.29 is 0 Å². The van der Waals surface area contributed by atoms with E-state index < -0.39 is 0 Å². The van der Waals surface area contributed by atoms with E-state index in [0.29, 0.717) is 0 Å². The first-order valence-corrected chi connectivity index (χ1v) is 4.28. The Balaban J connectivity index is 2.09. The molecule has 0 aliphatic carbocycles. The number of piperidine rings is 1. The molecule has 2 atom stereocenters. The Kier molecular flexibility index (Phi) is 1.53. The molecule has 2 bridgehead atoms. The van der Waals surface area contributed by atoms with Crippen LogP contribution in [0.1, 0.15) is 32.6 Å². The van der Waals surface area contributed by atoms with Gasteiger partial charge in [-0.1, -0.05) is 11.6 Å². The maximum Gasteiger partial charge on any atom is 0.0107 e. The van der Waals surface area contributed by atoms with Gasteiger partial charge in [0, 0.05) is 12.1 Å². The van der Waals surface area contributed by atoms with Gasteiger partial charge in [-0.25, -0.2) is 0 Å². The van der Waals surface area contributed by atoms with Gasteiger partial charge in [-0.2, -0.15) is 0 Å². The van der Waals surface area contributed by atoms with Crippen LogP contribution in [0.4, 0.5) is 0 Å². The van der Waals surface area contributed by atoms with Crippen molar-refractivity contribution in [1.82, 2.24) is 5.32 Å². The lowest BCUT2D eigenvalue weighted by molar-refractivity contribution is 0.473. The number of allylic oxidation sites excluding steroid dienone is 1. The van der Waals surface area contributed by atoms with E-state index in [2.05, 4.69) is 18.3 Å². The standard InChI is InChI=1S/C9H15N/c1-2-7-5-8-3-4-9(6-7)10-8/h2,8-10H,3-6H2,1H3/t8-,9+. The smallest absolute Gasteiger partial charge is 0.0107 e. The molecule has 0 saturated carbocycles. The molecule has 0 spiro atoms. The first kappa shape index (κ1) is 6.41. The van der Waals surface area contributed by atoms with Gasteiger partial charge in [0.15, 0.2) is 0 Å². The molecule has 0 amide bonds. The largest absolute Gasteiger partial charge is 0.311 e. The number of nitrogens with one attached hydrogen (secondary N) is 1. The van der Waals surface area contributed by atoms with E-state index in [-0.39, 0.29) is 0 Å². The molecule has 2 saturated heterocycles. The SMILES string of the molecule is CC=C1C[C@H]2CC[C@@H](C1)N2. The van der Waals surface area contributed by atoms with E-state index in [1.165, 1.54) is 25.7 Å². The van der Waals surface area contributed by atoms with Gasteiger partial charge in [0.25, 0.3) is 0 Å². The fourth-order valence-corrected chi connectivity index (χ4v) is 2.18. The third-order valence-electron chi connectivity index (χ3n) is 2.76. The molecule has 0 aromatic heterocycles. The van der Waals surface area contributed by atoms with Crippen LogP contribution < -0.4 is 5.32 Å². The van der Waals surface area contributed by atoms with Crippen LogP contribution in [0.3, 0.4) is 0 Å². The minimum atomic E-state index is 0.824. The molecule has 0 radical (unpaired) electrons. The summed E-state index contributed by atoms with van der Waals surface area (Å²) in [4.78, 5) is 0. The molecule has 2 aliphatic rings. The second-order valence-electron chi connectivity index (χ2n) is 3.49. The van der Waals surface area contributed by atoms with E-state index in [1.54, 1.807) is 5.57 Å². The molecular formula is C9H15N. The molecule has 1 N–H and O–H groups in total. The molecule has 2 fully saturated rings.